The lowest BCUT2D eigenvalue weighted by atomic mass is 9.71. The molecule has 3 atom stereocenters. The summed E-state index contributed by atoms with van der Waals surface area (Å²) >= 11 is 0. The van der Waals surface area contributed by atoms with Gasteiger partial charge in [-0.05, 0) is 31.2 Å². The largest absolute Gasteiger partial charge is 0.353 e. The molecule has 0 radical (unpaired) electrons. The molecule has 1 aromatic heterocycles. The van der Waals surface area contributed by atoms with Gasteiger partial charge in [-0.3, -0.25) is 19.1 Å². The van der Waals surface area contributed by atoms with Gasteiger partial charge in [0.2, 0.25) is 5.91 Å². The van der Waals surface area contributed by atoms with Crippen molar-refractivity contribution in [1.29, 1.82) is 0 Å². The van der Waals surface area contributed by atoms with E-state index in [1.165, 1.54) is 42.5 Å². The fourth-order valence-corrected chi connectivity index (χ4v) is 3.93. The lowest BCUT2D eigenvalue weighted by Gasteiger charge is -2.41. The highest BCUT2D eigenvalue weighted by Gasteiger charge is 2.38. The first-order chi connectivity index (χ1) is 11.1. The number of piperidine rings is 1. The van der Waals surface area contributed by atoms with Gasteiger partial charge in [-0.1, -0.05) is 19.3 Å². The van der Waals surface area contributed by atoms with Crippen molar-refractivity contribution in [3.63, 3.8) is 0 Å². The van der Waals surface area contributed by atoms with Crippen molar-refractivity contribution in [3.05, 3.63) is 33.1 Å². The minimum absolute atomic E-state index is 0.0269. The van der Waals surface area contributed by atoms with Crippen LogP contribution in [0.15, 0.2) is 21.9 Å². The van der Waals surface area contributed by atoms with E-state index < -0.39 is 11.2 Å². The SMILES string of the molecule is O=C(NCCn1ccc(=O)[nH]c1=O)C1NCCC2CCCCC21. The first kappa shape index (κ1) is 16.0. The zero-order valence-electron chi connectivity index (χ0n) is 13.2. The van der Waals surface area contributed by atoms with Crippen LogP contribution in [-0.2, 0) is 11.3 Å². The van der Waals surface area contributed by atoms with Crippen LogP contribution in [0.1, 0.15) is 32.1 Å². The fraction of sp³-hybridized carbons (Fsp3) is 0.688. The number of aromatic amines is 1. The summed E-state index contributed by atoms with van der Waals surface area (Å²) in [4.78, 5) is 37.3. The summed E-state index contributed by atoms with van der Waals surface area (Å²) in [6, 6.07) is 1.19. The minimum Gasteiger partial charge on any atom is -0.353 e. The molecule has 126 valence electrons. The highest BCUT2D eigenvalue weighted by atomic mass is 16.2. The lowest BCUT2D eigenvalue weighted by Crippen LogP contribution is -2.55. The van der Waals surface area contributed by atoms with Gasteiger partial charge in [0.1, 0.15) is 0 Å². The highest BCUT2D eigenvalue weighted by Crippen LogP contribution is 2.36. The Bertz CT molecular complexity index is 664. The van der Waals surface area contributed by atoms with E-state index >= 15 is 0 Å². The standard InChI is InChI=1S/C16H24N4O3/c21-13-6-9-20(16(23)19-13)10-8-18-15(22)14-12-4-2-1-3-11(12)5-7-17-14/h6,9,11-12,14,17H,1-5,7-8,10H2,(H,18,22)(H,19,21,23). The molecule has 2 fully saturated rings. The summed E-state index contributed by atoms with van der Waals surface area (Å²) in [6.07, 6.45) is 7.46. The molecule has 1 saturated heterocycles. The van der Waals surface area contributed by atoms with Crippen molar-refractivity contribution in [2.45, 2.75) is 44.7 Å². The molecular weight excluding hydrogens is 296 g/mol. The van der Waals surface area contributed by atoms with Crippen LogP contribution in [0.5, 0.6) is 0 Å². The smallest absolute Gasteiger partial charge is 0.328 e. The molecule has 1 amide bonds. The number of fused-ring (bicyclic) bond motifs is 1. The number of carbonyl (C=O) groups is 1. The van der Waals surface area contributed by atoms with E-state index in [9.17, 15) is 14.4 Å². The molecule has 3 N–H and O–H groups in total. The van der Waals surface area contributed by atoms with Crippen molar-refractivity contribution in [2.75, 3.05) is 13.1 Å². The molecule has 1 aliphatic carbocycles. The predicted molar refractivity (Wildman–Crippen MR) is 86.2 cm³/mol. The second-order valence-electron chi connectivity index (χ2n) is 6.52. The van der Waals surface area contributed by atoms with E-state index in [4.69, 9.17) is 0 Å². The molecule has 0 aromatic carbocycles. The molecule has 1 aliphatic heterocycles. The molecule has 7 nitrogen and oxygen atoms in total. The van der Waals surface area contributed by atoms with E-state index in [0.717, 1.165) is 13.0 Å². The molecule has 2 aliphatic rings. The Balaban J connectivity index is 1.54. The number of rotatable bonds is 4. The van der Waals surface area contributed by atoms with Crippen LogP contribution < -0.4 is 21.9 Å². The summed E-state index contributed by atoms with van der Waals surface area (Å²) in [6.45, 7) is 1.63. The number of nitrogens with zero attached hydrogens (tertiary/aromatic N) is 1. The second kappa shape index (κ2) is 7.12. The Morgan fingerprint density at radius 1 is 1.26 bits per heavy atom. The van der Waals surface area contributed by atoms with Gasteiger partial charge in [0.25, 0.3) is 5.56 Å². The van der Waals surface area contributed by atoms with E-state index in [-0.39, 0.29) is 11.9 Å². The number of H-pyrrole nitrogens is 1. The molecule has 1 aromatic rings. The first-order valence-electron chi connectivity index (χ1n) is 8.46. The maximum absolute atomic E-state index is 12.5. The van der Waals surface area contributed by atoms with Crippen LogP contribution in [0, 0.1) is 11.8 Å². The minimum atomic E-state index is -0.449. The summed E-state index contributed by atoms with van der Waals surface area (Å²) in [7, 11) is 0. The van der Waals surface area contributed by atoms with E-state index in [1.54, 1.807) is 0 Å². The average molecular weight is 320 g/mol. The summed E-state index contributed by atoms with van der Waals surface area (Å²) < 4.78 is 1.39. The maximum atomic E-state index is 12.5. The van der Waals surface area contributed by atoms with Gasteiger partial charge in [-0.25, -0.2) is 4.79 Å². The van der Waals surface area contributed by atoms with Crippen LogP contribution in [0.2, 0.25) is 0 Å². The Hall–Kier alpha value is -1.89. The fourth-order valence-electron chi connectivity index (χ4n) is 3.93. The van der Waals surface area contributed by atoms with Crippen LogP contribution in [0.25, 0.3) is 0 Å². The number of amides is 1. The van der Waals surface area contributed by atoms with Crippen molar-refractivity contribution in [1.82, 2.24) is 20.2 Å². The van der Waals surface area contributed by atoms with Crippen LogP contribution in [0.3, 0.4) is 0 Å². The first-order valence-corrected chi connectivity index (χ1v) is 8.46. The number of hydrogen-bond donors (Lipinski definition) is 3. The molecule has 7 heteroatoms. The second-order valence-corrected chi connectivity index (χ2v) is 6.52. The predicted octanol–water partition coefficient (Wildman–Crippen LogP) is -0.179. The molecule has 1 saturated carbocycles. The van der Waals surface area contributed by atoms with Crippen LogP contribution in [-0.4, -0.2) is 34.6 Å². The van der Waals surface area contributed by atoms with Crippen molar-refractivity contribution >= 4 is 5.91 Å². The number of nitrogens with one attached hydrogen (secondary N) is 3. The topological polar surface area (TPSA) is 96.0 Å². The van der Waals surface area contributed by atoms with Gasteiger partial charge in [-0.15, -0.1) is 0 Å². The molecule has 23 heavy (non-hydrogen) atoms. The molecule has 3 unspecified atom stereocenters. The maximum Gasteiger partial charge on any atom is 0.328 e. The Morgan fingerprint density at radius 3 is 2.91 bits per heavy atom. The number of aromatic nitrogens is 2. The molecular formula is C16H24N4O3. The highest BCUT2D eigenvalue weighted by molar-refractivity contribution is 5.82. The molecule has 0 spiro atoms. The zero-order chi connectivity index (χ0) is 16.2. The van der Waals surface area contributed by atoms with E-state index in [2.05, 4.69) is 15.6 Å². The van der Waals surface area contributed by atoms with Gasteiger partial charge < -0.3 is 10.6 Å². The van der Waals surface area contributed by atoms with Gasteiger partial charge in [0, 0.05) is 25.4 Å². The third-order valence-electron chi connectivity index (χ3n) is 5.11. The van der Waals surface area contributed by atoms with Gasteiger partial charge in [-0.2, -0.15) is 0 Å². The third kappa shape index (κ3) is 3.72. The zero-order valence-corrected chi connectivity index (χ0v) is 13.2. The summed E-state index contributed by atoms with van der Waals surface area (Å²) in [5.41, 5.74) is -0.861. The van der Waals surface area contributed by atoms with Crippen molar-refractivity contribution < 1.29 is 4.79 Å². The van der Waals surface area contributed by atoms with Crippen LogP contribution >= 0.6 is 0 Å². The van der Waals surface area contributed by atoms with E-state index in [1.807, 2.05) is 0 Å². The van der Waals surface area contributed by atoms with E-state index in [0.29, 0.717) is 24.9 Å². The normalized spacial score (nSPS) is 27.2. The van der Waals surface area contributed by atoms with Gasteiger partial charge in [0.05, 0.1) is 6.04 Å². The number of hydrogen-bond acceptors (Lipinski definition) is 4. The van der Waals surface area contributed by atoms with Crippen molar-refractivity contribution in [2.24, 2.45) is 11.8 Å². The van der Waals surface area contributed by atoms with Gasteiger partial charge in [0.15, 0.2) is 0 Å². The molecule has 0 bridgehead atoms. The Morgan fingerprint density at radius 2 is 2.09 bits per heavy atom. The average Bonchev–Trinajstić information content (AvgIpc) is 2.56. The Kier molecular flexibility index (Phi) is 4.95. The van der Waals surface area contributed by atoms with Crippen molar-refractivity contribution in [3.8, 4) is 0 Å². The summed E-state index contributed by atoms with van der Waals surface area (Å²) in [5.74, 6) is 1.13. The van der Waals surface area contributed by atoms with Crippen LogP contribution in [0.4, 0.5) is 0 Å². The monoisotopic (exact) mass is 320 g/mol. The lowest BCUT2D eigenvalue weighted by molar-refractivity contribution is -0.126. The summed E-state index contributed by atoms with van der Waals surface area (Å²) in [5, 5.41) is 6.28. The van der Waals surface area contributed by atoms with Gasteiger partial charge >= 0.3 is 5.69 Å². The Labute approximate surface area is 134 Å². The number of carbonyl (C=O) groups excluding carboxylic acids is 1. The molecule has 2 heterocycles. The molecule has 3 rings (SSSR count). The quantitative estimate of drug-likeness (QED) is 0.717. The third-order valence-corrected chi connectivity index (χ3v) is 5.11.